The van der Waals surface area contributed by atoms with E-state index in [9.17, 15) is 10.2 Å². The predicted octanol–water partition coefficient (Wildman–Crippen LogP) is 2.91. The maximum atomic E-state index is 9.97. The molecule has 1 heterocycles. The maximum Gasteiger partial charge on any atom is 0.212 e. The molecule has 0 amide bonds. The van der Waals surface area contributed by atoms with Gasteiger partial charge in [0, 0.05) is 17.8 Å². The average Bonchev–Trinajstić information content (AvgIpc) is 2.71. The van der Waals surface area contributed by atoms with Gasteiger partial charge in [-0.15, -0.1) is 0 Å². The molecule has 2 aromatic carbocycles. The number of rotatable bonds is 6. The normalized spacial score (nSPS) is 10.8. The Morgan fingerprint density at radius 2 is 1.62 bits per heavy atom. The van der Waals surface area contributed by atoms with Gasteiger partial charge in [-0.3, -0.25) is 0 Å². The summed E-state index contributed by atoms with van der Waals surface area (Å²) in [5.41, 5.74) is 2.91. The Hall–Kier alpha value is -2.83. The third kappa shape index (κ3) is 3.05. The average molecular weight is 355 g/mol. The van der Waals surface area contributed by atoms with Crippen LogP contribution in [0.5, 0.6) is 17.4 Å². The summed E-state index contributed by atoms with van der Waals surface area (Å²) in [5.74, 6) is 1.68. The van der Waals surface area contributed by atoms with E-state index in [0.717, 1.165) is 21.9 Å². The maximum absolute atomic E-state index is 9.97. The quantitative estimate of drug-likeness (QED) is 0.708. The first-order chi connectivity index (χ1) is 12.7. The van der Waals surface area contributed by atoms with Gasteiger partial charge in [-0.2, -0.15) is 0 Å². The molecule has 0 aliphatic heterocycles. The smallest absolute Gasteiger partial charge is 0.212 e. The van der Waals surface area contributed by atoms with Crippen molar-refractivity contribution >= 4 is 10.8 Å². The van der Waals surface area contributed by atoms with Crippen LogP contribution in [0, 0.1) is 0 Å². The molecular formula is C20H21NO5. The number of pyridine rings is 1. The zero-order valence-corrected chi connectivity index (χ0v) is 14.9. The van der Waals surface area contributed by atoms with Crippen LogP contribution in [0.2, 0.25) is 0 Å². The fourth-order valence-electron chi connectivity index (χ4n) is 3.13. The minimum atomic E-state index is -0.207. The highest BCUT2D eigenvalue weighted by Crippen LogP contribution is 2.40. The van der Waals surface area contributed by atoms with E-state index in [1.165, 1.54) is 0 Å². The van der Waals surface area contributed by atoms with Gasteiger partial charge in [-0.05, 0) is 51.7 Å². The van der Waals surface area contributed by atoms with Gasteiger partial charge in [0.25, 0.3) is 0 Å². The molecular weight excluding hydrogens is 334 g/mol. The van der Waals surface area contributed by atoms with Crippen LogP contribution in [0.1, 0.15) is 11.1 Å². The second-order valence-electron chi connectivity index (χ2n) is 5.72. The summed E-state index contributed by atoms with van der Waals surface area (Å²) in [6.45, 7) is -0.391. The molecule has 0 fully saturated rings. The van der Waals surface area contributed by atoms with Crippen LogP contribution in [-0.4, -0.2) is 36.5 Å². The van der Waals surface area contributed by atoms with Crippen molar-refractivity contribution in [3.05, 3.63) is 47.7 Å². The molecule has 1 aromatic heterocycles. The summed E-state index contributed by atoms with van der Waals surface area (Å²) < 4.78 is 15.9. The molecule has 0 unspecified atom stereocenters. The van der Waals surface area contributed by atoms with Gasteiger partial charge >= 0.3 is 0 Å². The molecule has 136 valence electrons. The van der Waals surface area contributed by atoms with Crippen molar-refractivity contribution in [1.29, 1.82) is 0 Å². The van der Waals surface area contributed by atoms with Crippen molar-refractivity contribution in [2.24, 2.45) is 0 Å². The number of ether oxygens (including phenoxy) is 3. The Labute approximate surface area is 151 Å². The largest absolute Gasteiger partial charge is 0.493 e. The van der Waals surface area contributed by atoms with Crippen molar-refractivity contribution in [2.75, 3.05) is 21.3 Å². The number of aromatic nitrogens is 1. The Bertz CT molecular complexity index is 917. The summed E-state index contributed by atoms with van der Waals surface area (Å²) in [6, 6.07) is 9.21. The van der Waals surface area contributed by atoms with Crippen molar-refractivity contribution in [3.63, 3.8) is 0 Å². The molecule has 3 aromatic rings. The van der Waals surface area contributed by atoms with Crippen molar-refractivity contribution in [2.45, 2.75) is 13.2 Å². The molecule has 0 aliphatic rings. The van der Waals surface area contributed by atoms with E-state index >= 15 is 0 Å². The molecule has 0 bridgehead atoms. The molecule has 0 atom stereocenters. The van der Waals surface area contributed by atoms with E-state index in [2.05, 4.69) is 4.98 Å². The highest BCUT2D eigenvalue weighted by atomic mass is 16.5. The Morgan fingerprint density at radius 3 is 2.15 bits per heavy atom. The van der Waals surface area contributed by atoms with Crippen LogP contribution in [-0.2, 0) is 13.2 Å². The van der Waals surface area contributed by atoms with Crippen molar-refractivity contribution in [3.8, 4) is 28.5 Å². The van der Waals surface area contributed by atoms with Gasteiger partial charge < -0.3 is 24.4 Å². The summed E-state index contributed by atoms with van der Waals surface area (Å²) in [5, 5.41) is 21.5. The monoisotopic (exact) mass is 355 g/mol. The summed E-state index contributed by atoms with van der Waals surface area (Å²) in [7, 11) is 4.71. The number of fused-ring (bicyclic) bond motifs is 1. The minimum Gasteiger partial charge on any atom is -0.493 e. The van der Waals surface area contributed by atoms with Crippen LogP contribution >= 0.6 is 0 Å². The highest BCUT2D eigenvalue weighted by molar-refractivity contribution is 6.00. The number of benzene rings is 2. The number of hydrogen-bond acceptors (Lipinski definition) is 6. The molecule has 3 rings (SSSR count). The van der Waals surface area contributed by atoms with Gasteiger partial charge in [0.1, 0.15) is 0 Å². The van der Waals surface area contributed by atoms with E-state index in [4.69, 9.17) is 14.2 Å². The van der Waals surface area contributed by atoms with Crippen molar-refractivity contribution < 1.29 is 24.4 Å². The topological polar surface area (TPSA) is 81.0 Å². The van der Waals surface area contributed by atoms with Gasteiger partial charge in [0.15, 0.2) is 11.5 Å². The van der Waals surface area contributed by atoms with E-state index in [-0.39, 0.29) is 13.2 Å². The fourth-order valence-corrected chi connectivity index (χ4v) is 3.13. The lowest BCUT2D eigenvalue weighted by molar-refractivity contribution is 0.260. The predicted molar refractivity (Wildman–Crippen MR) is 98.7 cm³/mol. The van der Waals surface area contributed by atoms with E-state index in [1.54, 1.807) is 33.6 Å². The number of hydrogen-bond donors (Lipinski definition) is 2. The first-order valence-corrected chi connectivity index (χ1v) is 8.09. The summed E-state index contributed by atoms with van der Waals surface area (Å²) >= 11 is 0. The summed E-state index contributed by atoms with van der Waals surface area (Å²) in [6.07, 6.45) is 1.69. The Morgan fingerprint density at radius 1 is 0.885 bits per heavy atom. The van der Waals surface area contributed by atoms with E-state index in [1.807, 2.05) is 24.3 Å². The van der Waals surface area contributed by atoms with Crippen LogP contribution in [0.25, 0.3) is 21.9 Å². The third-order valence-corrected chi connectivity index (χ3v) is 4.41. The van der Waals surface area contributed by atoms with E-state index in [0.29, 0.717) is 28.5 Å². The zero-order valence-electron chi connectivity index (χ0n) is 14.9. The number of aliphatic hydroxyl groups is 2. The zero-order chi connectivity index (χ0) is 18.7. The molecule has 0 saturated carbocycles. The van der Waals surface area contributed by atoms with Gasteiger partial charge in [-0.25, -0.2) is 4.98 Å². The first-order valence-electron chi connectivity index (χ1n) is 8.09. The number of nitrogens with zero attached hydrogens (tertiary/aromatic N) is 1. The van der Waals surface area contributed by atoms with E-state index < -0.39 is 0 Å². The molecule has 0 radical (unpaired) electrons. The lowest BCUT2D eigenvalue weighted by Gasteiger charge is -2.18. The molecule has 6 nitrogen and oxygen atoms in total. The van der Waals surface area contributed by atoms with Crippen molar-refractivity contribution in [1.82, 2.24) is 4.98 Å². The lowest BCUT2D eigenvalue weighted by Crippen LogP contribution is -2.01. The van der Waals surface area contributed by atoms with Crippen LogP contribution in [0.3, 0.4) is 0 Å². The molecule has 26 heavy (non-hydrogen) atoms. The second-order valence-corrected chi connectivity index (χ2v) is 5.72. The SMILES string of the molecule is COc1ccc(-c2c(CO)c(CO)cc3cc(OC)c(OC)cc23)cn1. The Balaban J connectivity index is 2.38. The molecule has 0 aliphatic carbocycles. The number of methoxy groups -OCH3 is 3. The fraction of sp³-hybridized carbons (Fsp3) is 0.250. The standard InChI is InChI=1S/C20H21NO5/c1-24-17-7-13-6-14(10-22)16(11-23)20(15(13)8-18(17)25-2)12-4-5-19(26-3)21-9-12/h4-9,22-23H,10-11H2,1-3H3. The molecule has 2 N–H and O–H groups in total. The van der Waals surface area contributed by atoms with Crippen LogP contribution < -0.4 is 14.2 Å². The van der Waals surface area contributed by atoms with Gasteiger partial charge in [-0.1, -0.05) is 0 Å². The molecule has 0 spiro atoms. The van der Waals surface area contributed by atoms with Crippen LogP contribution in [0.15, 0.2) is 36.5 Å². The van der Waals surface area contributed by atoms with Crippen LogP contribution in [0.4, 0.5) is 0 Å². The number of aliphatic hydroxyl groups excluding tert-OH is 2. The minimum absolute atomic E-state index is 0.184. The lowest BCUT2D eigenvalue weighted by atomic mass is 9.90. The van der Waals surface area contributed by atoms with Gasteiger partial charge in [0.2, 0.25) is 5.88 Å². The first kappa shape index (κ1) is 18.0. The highest BCUT2D eigenvalue weighted by Gasteiger charge is 2.17. The third-order valence-electron chi connectivity index (χ3n) is 4.41. The van der Waals surface area contributed by atoms with Gasteiger partial charge in [0.05, 0.1) is 34.5 Å². The molecule has 0 saturated heterocycles. The molecule has 6 heteroatoms. The second kappa shape index (κ2) is 7.59. The Kier molecular flexibility index (Phi) is 5.25. The summed E-state index contributed by atoms with van der Waals surface area (Å²) in [4.78, 5) is 4.27.